The molecular weight excluding hydrogens is 869 g/mol. The highest BCUT2D eigenvalue weighted by atomic mass is 17.1. The van der Waals surface area contributed by atoms with E-state index in [4.69, 9.17) is 43.2 Å². The van der Waals surface area contributed by atoms with Crippen molar-refractivity contribution in [3.05, 3.63) is 144 Å². The van der Waals surface area contributed by atoms with E-state index < -0.39 is 0 Å². The molecule has 1 unspecified atom stereocenters. The fourth-order valence-corrected chi connectivity index (χ4v) is 5.35. The third kappa shape index (κ3) is 20.5. The lowest BCUT2D eigenvalue weighted by atomic mass is 10.0. The van der Waals surface area contributed by atoms with Crippen molar-refractivity contribution in [2.45, 2.75) is 33.3 Å². The summed E-state index contributed by atoms with van der Waals surface area (Å²) in [4.78, 5) is 37.9. The Bertz CT molecular complexity index is 2350. The lowest BCUT2D eigenvalue weighted by Gasteiger charge is -2.10. The van der Waals surface area contributed by atoms with Crippen molar-refractivity contribution >= 4 is 39.5 Å². The van der Waals surface area contributed by atoms with Gasteiger partial charge in [-0.1, -0.05) is 56.7 Å². The molecule has 0 amide bonds. The van der Waals surface area contributed by atoms with Crippen LogP contribution in [0.5, 0.6) is 23.0 Å². The van der Waals surface area contributed by atoms with Gasteiger partial charge in [-0.05, 0) is 119 Å². The minimum atomic E-state index is -0.382. The van der Waals surface area contributed by atoms with Crippen LogP contribution in [-0.4, -0.2) is 100 Å². The highest BCUT2D eigenvalue weighted by molar-refractivity contribution is 5.95. The Labute approximate surface area is 391 Å². The molecule has 0 fully saturated rings. The number of carbonyl (C=O) groups is 3. The quantitative estimate of drug-likeness (QED) is 0.0299. The average Bonchev–Trinajstić information content (AvgIpc) is 3.38. The maximum atomic E-state index is 11.4. The van der Waals surface area contributed by atoms with Gasteiger partial charge >= 0.3 is 17.9 Å². The smallest absolute Gasteiger partial charge is 0.337 e. The summed E-state index contributed by atoms with van der Waals surface area (Å²) >= 11 is 0. The molecule has 6 aromatic rings. The Kier molecular flexibility index (Phi) is 27.6. The first-order valence-corrected chi connectivity index (χ1v) is 20.8. The molecule has 0 aliphatic rings. The molecule has 0 aliphatic heterocycles. The van der Waals surface area contributed by atoms with Gasteiger partial charge in [-0.3, -0.25) is 5.26 Å². The summed E-state index contributed by atoms with van der Waals surface area (Å²) in [7, 11) is 10.3. The molecule has 0 aliphatic carbocycles. The zero-order chi connectivity index (χ0) is 49.4. The summed E-state index contributed by atoms with van der Waals surface area (Å²) in [5.41, 5.74) is 2.41. The lowest BCUT2D eigenvalue weighted by molar-refractivity contribution is -0.277. The van der Waals surface area contributed by atoms with Gasteiger partial charge in [0.05, 0.1) is 38.0 Å². The fourth-order valence-electron chi connectivity index (χ4n) is 5.35. The predicted octanol–water partition coefficient (Wildman–Crippen LogP) is 10.3. The van der Waals surface area contributed by atoms with E-state index in [0.29, 0.717) is 28.2 Å². The molecule has 0 saturated carbocycles. The normalized spacial score (nSPS) is 10.4. The molecule has 362 valence electrons. The average molecular weight is 931 g/mol. The van der Waals surface area contributed by atoms with Crippen LogP contribution in [-0.2, 0) is 38.0 Å². The van der Waals surface area contributed by atoms with Crippen LogP contribution in [0.25, 0.3) is 21.5 Å². The second-order valence-corrected chi connectivity index (χ2v) is 13.7. The minimum absolute atomic E-state index is 0.157. The van der Waals surface area contributed by atoms with Gasteiger partial charge in [-0.15, -0.1) is 0 Å². The standard InChI is InChI=1S/C14H14O4.C14H16O4.2C10H12O4.C3H8/c1-16-9-18-13-6-5-10-7-12(14(15)17-2)4-3-11(10)8-13;1-10(18-15)12-4-3-11-5-6-14(17-9-16-2)8-13(11)7-12;1-12-7-14-9-5-3-8(4-6-9)10(11)13-2;1-12-7-14-9-5-3-4-8(6-9)10(11)13-2;1-3-2/h3-8H,9H2,1-2H3;3-8,10,15H,9H2,1-2H3;2*3-6H,7H2,1-2H3;3H2,1-2H3. The number of hydrogen-bond acceptors (Lipinski definition) is 16. The first kappa shape index (κ1) is 56.3. The van der Waals surface area contributed by atoms with Crippen molar-refractivity contribution in [3.8, 4) is 23.0 Å². The largest absolute Gasteiger partial charge is 0.468 e. The van der Waals surface area contributed by atoms with Crippen LogP contribution in [0.4, 0.5) is 0 Å². The topological polar surface area (TPSA) is 182 Å². The Balaban J connectivity index is 0.000000303. The fraction of sp³-hybridized carbons (Fsp3) is 0.314. The molecule has 0 radical (unpaired) electrons. The molecule has 1 atom stereocenters. The third-order valence-corrected chi connectivity index (χ3v) is 8.60. The molecule has 0 spiro atoms. The van der Waals surface area contributed by atoms with E-state index in [1.807, 2.05) is 60.7 Å². The van der Waals surface area contributed by atoms with Crippen molar-refractivity contribution in [1.29, 1.82) is 0 Å². The Morgan fingerprint density at radius 3 is 1.33 bits per heavy atom. The van der Waals surface area contributed by atoms with Gasteiger partial charge in [0.25, 0.3) is 0 Å². The van der Waals surface area contributed by atoms with Crippen LogP contribution in [0.2, 0.25) is 0 Å². The van der Waals surface area contributed by atoms with Crippen LogP contribution >= 0.6 is 0 Å². The van der Waals surface area contributed by atoms with Crippen LogP contribution in [0.3, 0.4) is 0 Å². The Morgan fingerprint density at radius 2 is 0.821 bits per heavy atom. The van der Waals surface area contributed by atoms with Gasteiger partial charge in [-0.25, -0.2) is 19.3 Å². The molecule has 6 rings (SSSR count). The number of hydrogen-bond donors (Lipinski definition) is 1. The third-order valence-electron chi connectivity index (χ3n) is 8.60. The first-order chi connectivity index (χ1) is 32.4. The lowest BCUT2D eigenvalue weighted by Crippen LogP contribution is -2.03. The van der Waals surface area contributed by atoms with Crippen molar-refractivity contribution in [3.63, 3.8) is 0 Å². The summed E-state index contributed by atoms with van der Waals surface area (Å²) in [5.74, 6) is 1.64. The monoisotopic (exact) mass is 930 g/mol. The number of rotatable bonds is 17. The molecule has 0 saturated heterocycles. The molecule has 6 aromatic carbocycles. The van der Waals surface area contributed by atoms with Gasteiger partial charge in [0, 0.05) is 28.4 Å². The second-order valence-electron chi connectivity index (χ2n) is 13.7. The predicted molar refractivity (Wildman–Crippen MR) is 253 cm³/mol. The first-order valence-electron chi connectivity index (χ1n) is 20.8. The number of esters is 3. The molecule has 0 heterocycles. The zero-order valence-corrected chi connectivity index (χ0v) is 39.7. The SMILES string of the molecule is CCC.COCOc1ccc(C(=O)OC)cc1.COCOc1ccc2cc(C(=O)OC)ccc2c1.COCOc1ccc2ccc(C(C)OO)cc2c1.COCOc1cccc(C(=O)OC)c1. The number of methoxy groups -OCH3 is 7. The Hall–Kier alpha value is -6.79. The summed E-state index contributed by atoms with van der Waals surface area (Å²) in [6.45, 7) is 6.82. The van der Waals surface area contributed by atoms with Gasteiger partial charge in [0.15, 0.2) is 27.2 Å². The van der Waals surface area contributed by atoms with Crippen LogP contribution in [0.1, 0.15) is 69.9 Å². The maximum absolute atomic E-state index is 11.4. The van der Waals surface area contributed by atoms with E-state index in [1.165, 1.54) is 34.9 Å². The highest BCUT2D eigenvalue weighted by Crippen LogP contribution is 2.26. The van der Waals surface area contributed by atoms with E-state index in [1.54, 1.807) is 88.9 Å². The van der Waals surface area contributed by atoms with Crippen molar-refractivity contribution in [2.24, 2.45) is 0 Å². The summed E-state index contributed by atoms with van der Waals surface area (Å²) in [5, 5.41) is 12.8. The van der Waals surface area contributed by atoms with Gasteiger partial charge in [-0.2, -0.15) is 0 Å². The van der Waals surface area contributed by atoms with E-state index in [2.05, 4.69) is 32.9 Å². The van der Waals surface area contributed by atoms with E-state index in [-0.39, 0.29) is 51.2 Å². The number of carbonyl (C=O) groups excluding carboxylic acids is 3. The molecular formula is C51H62O16. The van der Waals surface area contributed by atoms with Crippen LogP contribution in [0, 0.1) is 0 Å². The summed E-state index contributed by atoms with van der Waals surface area (Å²) in [6, 6.07) is 36.1. The zero-order valence-electron chi connectivity index (χ0n) is 39.7. The summed E-state index contributed by atoms with van der Waals surface area (Å²) < 4.78 is 54.0. The Morgan fingerprint density at radius 1 is 0.433 bits per heavy atom. The van der Waals surface area contributed by atoms with Gasteiger partial charge < -0.3 is 52.1 Å². The van der Waals surface area contributed by atoms with Crippen molar-refractivity contribution < 1.29 is 76.6 Å². The number of fused-ring (bicyclic) bond motifs is 2. The molecule has 67 heavy (non-hydrogen) atoms. The molecule has 0 aromatic heterocycles. The van der Waals surface area contributed by atoms with Gasteiger partial charge in [0.2, 0.25) is 0 Å². The number of benzene rings is 6. The maximum Gasteiger partial charge on any atom is 0.337 e. The van der Waals surface area contributed by atoms with Crippen molar-refractivity contribution in [2.75, 3.05) is 76.9 Å². The van der Waals surface area contributed by atoms with Crippen molar-refractivity contribution in [1.82, 2.24) is 0 Å². The van der Waals surface area contributed by atoms with Crippen LogP contribution < -0.4 is 18.9 Å². The van der Waals surface area contributed by atoms with Crippen LogP contribution in [0.15, 0.2) is 121 Å². The molecule has 1 N–H and O–H groups in total. The second kappa shape index (κ2) is 32.8. The summed E-state index contributed by atoms with van der Waals surface area (Å²) in [6.07, 6.45) is 0.901. The molecule has 16 heteroatoms. The van der Waals surface area contributed by atoms with E-state index in [0.717, 1.165) is 38.6 Å². The number of ether oxygens (including phenoxy) is 11. The molecule has 0 bridgehead atoms. The van der Waals surface area contributed by atoms with Gasteiger partial charge in [0.1, 0.15) is 29.1 Å². The van der Waals surface area contributed by atoms with E-state index in [9.17, 15) is 14.4 Å². The highest BCUT2D eigenvalue weighted by Gasteiger charge is 2.09. The van der Waals surface area contributed by atoms with E-state index >= 15 is 0 Å². The molecule has 16 nitrogen and oxygen atoms in total. The minimum Gasteiger partial charge on any atom is -0.468 e.